The average molecular weight is 247 g/mol. The summed E-state index contributed by atoms with van der Waals surface area (Å²) in [4.78, 5) is 0. The van der Waals surface area contributed by atoms with Crippen LogP contribution in [0.1, 0.15) is 57.1 Å². The monoisotopic (exact) mass is 247 g/mol. The fourth-order valence-electron chi connectivity index (χ4n) is 2.16. The molecule has 1 heteroatoms. The molecule has 0 saturated heterocycles. The van der Waals surface area contributed by atoms with Crippen LogP contribution in [0.4, 0.5) is 0 Å². The number of benzene rings is 1. The SMILES string of the molecule is CCCCCCc1ccc(CCNCCC)cc1. The predicted octanol–water partition coefficient (Wildman–Crippen LogP) is 4.35. The van der Waals surface area contributed by atoms with Crippen LogP contribution >= 0.6 is 0 Å². The molecule has 18 heavy (non-hydrogen) atoms. The Bertz CT molecular complexity index is 258. The number of rotatable bonds is 10. The van der Waals surface area contributed by atoms with Crippen LogP contribution in [0.5, 0.6) is 0 Å². The van der Waals surface area contributed by atoms with E-state index >= 15 is 0 Å². The highest BCUT2D eigenvalue weighted by molar-refractivity contribution is 5.22. The van der Waals surface area contributed by atoms with Crippen molar-refractivity contribution < 1.29 is 0 Å². The Kier molecular flexibility index (Phi) is 8.58. The molecule has 0 atom stereocenters. The molecule has 0 aromatic heterocycles. The van der Waals surface area contributed by atoms with Gasteiger partial charge in [0.2, 0.25) is 0 Å². The Morgan fingerprint density at radius 2 is 1.39 bits per heavy atom. The largest absolute Gasteiger partial charge is 0.316 e. The summed E-state index contributed by atoms with van der Waals surface area (Å²) in [5.41, 5.74) is 2.95. The van der Waals surface area contributed by atoms with Crippen molar-refractivity contribution in [1.29, 1.82) is 0 Å². The van der Waals surface area contributed by atoms with E-state index in [1.807, 2.05) is 0 Å². The quantitative estimate of drug-likeness (QED) is 0.606. The van der Waals surface area contributed by atoms with Gasteiger partial charge in [0.05, 0.1) is 0 Å². The van der Waals surface area contributed by atoms with Gasteiger partial charge in [0.15, 0.2) is 0 Å². The first-order chi connectivity index (χ1) is 8.86. The van der Waals surface area contributed by atoms with Crippen LogP contribution in [0, 0.1) is 0 Å². The molecule has 0 aliphatic rings. The maximum Gasteiger partial charge on any atom is -0.000835 e. The molecule has 0 saturated carbocycles. The van der Waals surface area contributed by atoms with Crippen molar-refractivity contribution in [2.45, 2.75) is 58.8 Å². The van der Waals surface area contributed by atoms with Gasteiger partial charge in [0.1, 0.15) is 0 Å². The molecule has 0 radical (unpaired) electrons. The van der Waals surface area contributed by atoms with E-state index in [-0.39, 0.29) is 0 Å². The molecule has 0 bridgehead atoms. The lowest BCUT2D eigenvalue weighted by atomic mass is 10.0. The molecule has 1 nitrogen and oxygen atoms in total. The lowest BCUT2D eigenvalue weighted by Crippen LogP contribution is -2.17. The van der Waals surface area contributed by atoms with Crippen molar-refractivity contribution in [1.82, 2.24) is 5.32 Å². The fourth-order valence-corrected chi connectivity index (χ4v) is 2.16. The summed E-state index contributed by atoms with van der Waals surface area (Å²) in [5, 5.41) is 3.45. The second-order valence-electron chi connectivity index (χ2n) is 5.13. The van der Waals surface area contributed by atoms with Crippen molar-refractivity contribution in [2.75, 3.05) is 13.1 Å². The summed E-state index contributed by atoms with van der Waals surface area (Å²) in [6.45, 7) is 6.71. The number of unbranched alkanes of at least 4 members (excludes halogenated alkanes) is 3. The lowest BCUT2D eigenvalue weighted by molar-refractivity contribution is 0.665. The minimum atomic E-state index is 1.10. The average Bonchev–Trinajstić information content (AvgIpc) is 2.41. The maximum absolute atomic E-state index is 3.45. The van der Waals surface area contributed by atoms with E-state index < -0.39 is 0 Å². The number of nitrogens with one attached hydrogen (secondary N) is 1. The smallest absolute Gasteiger partial charge is 0.000835 e. The Hall–Kier alpha value is -0.820. The molecule has 0 heterocycles. The molecule has 0 spiro atoms. The van der Waals surface area contributed by atoms with E-state index in [9.17, 15) is 0 Å². The lowest BCUT2D eigenvalue weighted by Gasteiger charge is -2.05. The van der Waals surface area contributed by atoms with E-state index in [1.54, 1.807) is 0 Å². The van der Waals surface area contributed by atoms with Gasteiger partial charge in [-0.15, -0.1) is 0 Å². The highest BCUT2D eigenvalue weighted by Crippen LogP contribution is 2.10. The van der Waals surface area contributed by atoms with E-state index in [1.165, 1.54) is 49.7 Å². The summed E-state index contributed by atoms with van der Waals surface area (Å²) < 4.78 is 0. The zero-order chi connectivity index (χ0) is 13.1. The van der Waals surface area contributed by atoms with Gasteiger partial charge in [0, 0.05) is 0 Å². The van der Waals surface area contributed by atoms with Crippen LogP contribution < -0.4 is 5.32 Å². The van der Waals surface area contributed by atoms with Crippen LogP contribution in [0.2, 0.25) is 0 Å². The highest BCUT2D eigenvalue weighted by atomic mass is 14.8. The third-order valence-electron chi connectivity index (χ3n) is 3.36. The van der Waals surface area contributed by atoms with Crippen molar-refractivity contribution in [3.05, 3.63) is 35.4 Å². The van der Waals surface area contributed by atoms with Crippen molar-refractivity contribution in [2.24, 2.45) is 0 Å². The van der Waals surface area contributed by atoms with Crippen LogP contribution in [0.25, 0.3) is 0 Å². The summed E-state index contributed by atoms with van der Waals surface area (Å²) >= 11 is 0. The number of hydrogen-bond acceptors (Lipinski definition) is 1. The van der Waals surface area contributed by atoms with Crippen LogP contribution in [0.3, 0.4) is 0 Å². The van der Waals surface area contributed by atoms with Gasteiger partial charge >= 0.3 is 0 Å². The zero-order valence-corrected chi connectivity index (χ0v) is 12.2. The van der Waals surface area contributed by atoms with E-state index in [2.05, 4.69) is 43.4 Å². The van der Waals surface area contributed by atoms with Gasteiger partial charge in [-0.05, 0) is 49.9 Å². The molecule has 1 aromatic carbocycles. The normalized spacial score (nSPS) is 10.8. The topological polar surface area (TPSA) is 12.0 Å². The second-order valence-corrected chi connectivity index (χ2v) is 5.13. The van der Waals surface area contributed by atoms with Crippen molar-refractivity contribution >= 4 is 0 Å². The first kappa shape index (κ1) is 15.2. The summed E-state index contributed by atoms with van der Waals surface area (Å²) in [5.74, 6) is 0. The van der Waals surface area contributed by atoms with Gasteiger partial charge in [0.25, 0.3) is 0 Å². The van der Waals surface area contributed by atoms with Crippen LogP contribution in [-0.4, -0.2) is 13.1 Å². The summed E-state index contributed by atoms with van der Waals surface area (Å²) in [7, 11) is 0. The Labute approximate surface area is 113 Å². The predicted molar refractivity (Wildman–Crippen MR) is 81.2 cm³/mol. The van der Waals surface area contributed by atoms with E-state index in [0.29, 0.717) is 0 Å². The number of aryl methyl sites for hydroxylation is 1. The Morgan fingerprint density at radius 1 is 0.722 bits per heavy atom. The molecule has 1 N–H and O–H groups in total. The van der Waals surface area contributed by atoms with Crippen molar-refractivity contribution in [3.8, 4) is 0 Å². The summed E-state index contributed by atoms with van der Waals surface area (Å²) in [6, 6.07) is 9.20. The molecule has 0 aliphatic heterocycles. The molecule has 1 aromatic rings. The van der Waals surface area contributed by atoms with Crippen LogP contribution in [0.15, 0.2) is 24.3 Å². The van der Waals surface area contributed by atoms with Gasteiger partial charge in [-0.3, -0.25) is 0 Å². The number of hydrogen-bond donors (Lipinski definition) is 1. The van der Waals surface area contributed by atoms with E-state index in [0.717, 1.165) is 19.5 Å². The molecule has 0 amide bonds. The molecule has 0 fully saturated rings. The molecule has 102 valence electrons. The first-order valence-electron chi connectivity index (χ1n) is 7.65. The van der Waals surface area contributed by atoms with Gasteiger partial charge in [-0.2, -0.15) is 0 Å². The molecule has 1 rings (SSSR count). The molecular weight excluding hydrogens is 218 g/mol. The first-order valence-corrected chi connectivity index (χ1v) is 7.65. The second kappa shape index (κ2) is 10.1. The van der Waals surface area contributed by atoms with Crippen LogP contribution in [-0.2, 0) is 12.8 Å². The molecule has 0 aliphatic carbocycles. The third kappa shape index (κ3) is 6.80. The maximum atomic E-state index is 3.45. The standard InChI is InChI=1S/C17H29N/c1-3-5-6-7-8-16-9-11-17(12-10-16)13-15-18-14-4-2/h9-12,18H,3-8,13-15H2,1-2H3. The van der Waals surface area contributed by atoms with Crippen molar-refractivity contribution in [3.63, 3.8) is 0 Å². The highest BCUT2D eigenvalue weighted by Gasteiger charge is 1.96. The Morgan fingerprint density at radius 3 is 2.00 bits per heavy atom. The Balaban J connectivity index is 2.20. The fraction of sp³-hybridized carbons (Fsp3) is 0.647. The van der Waals surface area contributed by atoms with Gasteiger partial charge in [-0.25, -0.2) is 0 Å². The van der Waals surface area contributed by atoms with Gasteiger partial charge < -0.3 is 5.32 Å². The minimum absolute atomic E-state index is 1.10. The summed E-state index contributed by atoms with van der Waals surface area (Å²) in [6.07, 6.45) is 9.02. The third-order valence-corrected chi connectivity index (χ3v) is 3.36. The van der Waals surface area contributed by atoms with E-state index in [4.69, 9.17) is 0 Å². The molecule has 0 unspecified atom stereocenters. The minimum Gasteiger partial charge on any atom is -0.316 e. The zero-order valence-electron chi connectivity index (χ0n) is 12.2. The van der Waals surface area contributed by atoms with Gasteiger partial charge in [-0.1, -0.05) is 57.4 Å². The molecular formula is C17H29N.